The summed E-state index contributed by atoms with van der Waals surface area (Å²) in [6, 6.07) is 4.30. The molecule has 0 aliphatic heterocycles. The highest BCUT2D eigenvalue weighted by molar-refractivity contribution is 9.10. The molecule has 0 fully saturated rings. The summed E-state index contributed by atoms with van der Waals surface area (Å²) in [5, 5.41) is 13.5. The van der Waals surface area contributed by atoms with Crippen LogP contribution in [0.4, 0.5) is 21.6 Å². The maximum atomic E-state index is 13.7. The molecule has 0 saturated carbocycles. The Morgan fingerprint density at radius 3 is 2.75 bits per heavy atom. The molecule has 0 aliphatic carbocycles. The Labute approximate surface area is 126 Å². The van der Waals surface area contributed by atoms with Crippen LogP contribution in [0.5, 0.6) is 0 Å². The van der Waals surface area contributed by atoms with Gasteiger partial charge in [0.1, 0.15) is 11.5 Å². The molecule has 0 amide bonds. The lowest BCUT2D eigenvalue weighted by Crippen LogP contribution is -2.05. The van der Waals surface area contributed by atoms with E-state index in [-0.39, 0.29) is 28.2 Å². The highest BCUT2D eigenvalue weighted by Crippen LogP contribution is 2.33. The average molecular weight is 362 g/mol. The maximum absolute atomic E-state index is 13.7. The van der Waals surface area contributed by atoms with Crippen molar-refractivity contribution in [1.82, 2.24) is 9.97 Å². The van der Waals surface area contributed by atoms with E-state index in [9.17, 15) is 14.5 Å². The van der Waals surface area contributed by atoms with E-state index >= 15 is 0 Å². The molecule has 2 aromatic rings. The molecule has 1 N–H and O–H groups in total. The molecule has 2 rings (SSSR count). The smallest absolute Gasteiger partial charge is 0.331 e. The zero-order valence-corrected chi connectivity index (χ0v) is 12.4. The molecule has 0 spiro atoms. The highest BCUT2D eigenvalue weighted by atomic mass is 79.9. The third-order valence-electron chi connectivity index (χ3n) is 2.42. The molecule has 0 atom stereocenters. The quantitative estimate of drug-likeness (QED) is 0.508. The lowest BCUT2D eigenvalue weighted by Gasteiger charge is -2.10. The van der Waals surface area contributed by atoms with Gasteiger partial charge in [-0.1, -0.05) is 6.07 Å². The normalized spacial score (nSPS) is 10.4. The van der Waals surface area contributed by atoms with Crippen molar-refractivity contribution < 1.29 is 9.31 Å². The van der Waals surface area contributed by atoms with Crippen molar-refractivity contribution in [3.8, 4) is 0 Å². The van der Waals surface area contributed by atoms with Gasteiger partial charge in [0.25, 0.3) is 0 Å². The Morgan fingerprint density at radius 2 is 2.15 bits per heavy atom. The van der Waals surface area contributed by atoms with Crippen LogP contribution in [0.2, 0.25) is 5.28 Å². The summed E-state index contributed by atoms with van der Waals surface area (Å²) in [5.41, 5.74) is -0.237. The lowest BCUT2D eigenvalue weighted by atomic mass is 10.3. The number of aromatic nitrogens is 2. The van der Waals surface area contributed by atoms with Crippen LogP contribution in [-0.4, -0.2) is 14.9 Å². The van der Waals surface area contributed by atoms with Gasteiger partial charge in [-0.15, -0.1) is 0 Å². The summed E-state index contributed by atoms with van der Waals surface area (Å²) in [4.78, 5) is 17.9. The first kappa shape index (κ1) is 14.6. The average Bonchev–Trinajstić information content (AvgIpc) is 2.32. The summed E-state index contributed by atoms with van der Waals surface area (Å²) in [6.07, 6.45) is 0. The fourth-order valence-corrected chi connectivity index (χ4v) is 2.23. The SMILES string of the molecule is Cc1nc(Cl)nc(Nc2c(F)cccc2Br)c1[N+](=O)[O-]. The molecule has 1 heterocycles. The number of aryl methyl sites for hydroxylation is 1. The Bertz CT molecular complexity index is 678. The van der Waals surface area contributed by atoms with Gasteiger partial charge < -0.3 is 5.32 Å². The van der Waals surface area contributed by atoms with E-state index in [1.54, 1.807) is 6.07 Å². The van der Waals surface area contributed by atoms with Gasteiger partial charge in [0.2, 0.25) is 11.1 Å². The summed E-state index contributed by atoms with van der Waals surface area (Å²) in [7, 11) is 0. The number of nitrogens with zero attached hydrogens (tertiary/aromatic N) is 3. The largest absolute Gasteiger partial charge is 0.332 e. The standard InChI is InChI=1S/C11H7BrClFN4O2/c1-5-9(18(19)20)10(17-11(13)15-5)16-8-6(12)3-2-4-7(8)14/h2-4H,1H3,(H,15,16,17). The van der Waals surface area contributed by atoms with Crippen LogP contribution in [0, 0.1) is 22.9 Å². The first-order valence-electron chi connectivity index (χ1n) is 5.29. The van der Waals surface area contributed by atoms with E-state index in [1.807, 2.05) is 0 Å². The molecular formula is C11H7BrClFN4O2. The zero-order valence-electron chi connectivity index (χ0n) is 10.0. The first-order valence-corrected chi connectivity index (χ1v) is 6.47. The fraction of sp³-hybridized carbons (Fsp3) is 0.0909. The van der Waals surface area contributed by atoms with Gasteiger partial charge in [0, 0.05) is 4.47 Å². The molecule has 20 heavy (non-hydrogen) atoms. The Morgan fingerprint density at radius 1 is 1.45 bits per heavy atom. The lowest BCUT2D eigenvalue weighted by molar-refractivity contribution is -0.385. The number of rotatable bonds is 3. The molecule has 0 saturated heterocycles. The molecular weight excluding hydrogens is 355 g/mol. The summed E-state index contributed by atoms with van der Waals surface area (Å²) in [5.74, 6) is -0.751. The van der Waals surface area contributed by atoms with Crippen LogP contribution in [0.1, 0.15) is 5.69 Å². The maximum Gasteiger partial charge on any atom is 0.332 e. The van der Waals surface area contributed by atoms with Crippen molar-refractivity contribution >= 4 is 44.7 Å². The zero-order chi connectivity index (χ0) is 14.9. The van der Waals surface area contributed by atoms with Gasteiger partial charge in [0.15, 0.2) is 0 Å². The minimum Gasteiger partial charge on any atom is -0.331 e. The number of hydrogen-bond donors (Lipinski definition) is 1. The Hall–Kier alpha value is -1.80. The van der Waals surface area contributed by atoms with Crippen molar-refractivity contribution in [2.75, 3.05) is 5.32 Å². The predicted molar refractivity (Wildman–Crippen MR) is 75.8 cm³/mol. The van der Waals surface area contributed by atoms with Crippen LogP contribution in [0.25, 0.3) is 0 Å². The molecule has 0 radical (unpaired) electrons. The van der Waals surface area contributed by atoms with Crippen molar-refractivity contribution in [3.05, 3.63) is 49.6 Å². The van der Waals surface area contributed by atoms with E-state index in [0.29, 0.717) is 4.47 Å². The van der Waals surface area contributed by atoms with Gasteiger partial charge in [-0.05, 0) is 46.6 Å². The van der Waals surface area contributed by atoms with Crippen LogP contribution < -0.4 is 5.32 Å². The van der Waals surface area contributed by atoms with E-state index in [2.05, 4.69) is 31.2 Å². The summed E-state index contributed by atoms with van der Waals surface area (Å²) < 4.78 is 14.1. The number of nitro groups is 1. The summed E-state index contributed by atoms with van der Waals surface area (Å²) in [6.45, 7) is 1.42. The molecule has 104 valence electrons. The van der Waals surface area contributed by atoms with Crippen LogP contribution in [0.15, 0.2) is 22.7 Å². The van der Waals surface area contributed by atoms with Gasteiger partial charge >= 0.3 is 5.69 Å². The second kappa shape index (κ2) is 5.68. The van der Waals surface area contributed by atoms with Gasteiger partial charge in [-0.25, -0.2) is 9.37 Å². The van der Waals surface area contributed by atoms with Gasteiger partial charge in [-0.3, -0.25) is 10.1 Å². The number of halogens is 3. The molecule has 6 nitrogen and oxygen atoms in total. The van der Waals surface area contributed by atoms with Crippen LogP contribution >= 0.6 is 27.5 Å². The molecule has 1 aromatic carbocycles. The molecule has 9 heteroatoms. The number of anilines is 2. The number of nitrogens with one attached hydrogen (secondary N) is 1. The molecule has 0 bridgehead atoms. The second-order valence-electron chi connectivity index (χ2n) is 3.75. The van der Waals surface area contributed by atoms with Gasteiger partial charge in [0.05, 0.1) is 10.6 Å². The Kier molecular flexibility index (Phi) is 4.15. The number of hydrogen-bond acceptors (Lipinski definition) is 5. The minimum absolute atomic E-state index is 0.0322. The minimum atomic E-state index is -0.650. The third-order valence-corrected chi connectivity index (χ3v) is 3.25. The van der Waals surface area contributed by atoms with Crippen molar-refractivity contribution in [2.45, 2.75) is 6.92 Å². The fourth-order valence-electron chi connectivity index (χ4n) is 1.57. The highest BCUT2D eigenvalue weighted by Gasteiger charge is 2.23. The van der Waals surface area contributed by atoms with E-state index < -0.39 is 10.7 Å². The van der Waals surface area contributed by atoms with Crippen LogP contribution in [0.3, 0.4) is 0 Å². The topological polar surface area (TPSA) is 81.0 Å². The van der Waals surface area contributed by atoms with Crippen molar-refractivity contribution in [3.63, 3.8) is 0 Å². The third kappa shape index (κ3) is 2.86. The van der Waals surface area contributed by atoms with Gasteiger partial charge in [-0.2, -0.15) is 4.98 Å². The van der Waals surface area contributed by atoms with Crippen LogP contribution in [-0.2, 0) is 0 Å². The molecule has 0 aliphatic rings. The second-order valence-corrected chi connectivity index (χ2v) is 4.95. The first-order chi connectivity index (χ1) is 9.40. The summed E-state index contributed by atoms with van der Waals surface area (Å²) >= 11 is 8.84. The molecule has 0 unspecified atom stereocenters. The van der Waals surface area contributed by atoms with Crippen molar-refractivity contribution in [1.29, 1.82) is 0 Å². The predicted octanol–water partition coefficient (Wildman–Crippen LogP) is 3.99. The molecule has 1 aromatic heterocycles. The van der Waals surface area contributed by atoms with E-state index in [1.165, 1.54) is 19.1 Å². The van der Waals surface area contributed by atoms with E-state index in [4.69, 9.17) is 11.6 Å². The Balaban J connectivity index is 2.56. The number of benzene rings is 1. The van der Waals surface area contributed by atoms with E-state index in [0.717, 1.165) is 0 Å². The monoisotopic (exact) mass is 360 g/mol. The van der Waals surface area contributed by atoms with Crippen molar-refractivity contribution in [2.24, 2.45) is 0 Å². The number of para-hydroxylation sites is 1.